The van der Waals surface area contributed by atoms with Gasteiger partial charge >= 0.3 is 19.5 Å². The van der Waals surface area contributed by atoms with Crippen LogP contribution in [0.15, 0.2) is 0 Å². The molecule has 0 fully saturated rings. The van der Waals surface area contributed by atoms with Gasteiger partial charge in [-0.05, 0) is 6.16 Å². The second-order valence-corrected chi connectivity index (χ2v) is 0.250. The Kier molecular flexibility index (Phi) is 24.3. The molecule has 0 saturated carbocycles. The molecule has 0 rings (SSSR count). The van der Waals surface area contributed by atoms with E-state index >= 15 is 0 Å². The van der Waals surface area contributed by atoms with Crippen molar-refractivity contribution >= 4 is 23.5 Å². The van der Waals surface area contributed by atoms with Crippen molar-refractivity contribution < 1.29 is 34.5 Å². The van der Waals surface area contributed by atoms with Crippen molar-refractivity contribution in [2.75, 3.05) is 0 Å². The van der Waals surface area contributed by atoms with Crippen LogP contribution in [0.25, 0.3) is 0 Å². The maximum absolute atomic E-state index is 8.33. The fourth-order valence-electron chi connectivity index (χ4n) is 0. The standard InChI is InChI=1S/CH2O3.Al.Zn.3H/c2-1(3)4;;;;;/h(H2,2,3,4);;;;;/q;;+2;;;/p-2. The molecule has 0 aromatic carbocycles. The zero-order chi connectivity index (χ0) is 3.58. The van der Waals surface area contributed by atoms with Gasteiger partial charge in [0.15, 0.2) is 17.4 Å². The van der Waals surface area contributed by atoms with Crippen molar-refractivity contribution in [3.8, 4) is 0 Å². The molecule has 0 bridgehead atoms. The Morgan fingerprint density at radius 1 is 1.33 bits per heavy atom. The number of hydrogen-bond acceptors (Lipinski definition) is 3. The molecule has 30 valence electrons. The van der Waals surface area contributed by atoms with Crippen molar-refractivity contribution in [1.29, 1.82) is 0 Å². The van der Waals surface area contributed by atoms with Crippen LogP contribution in [0.2, 0.25) is 0 Å². The number of carbonyl (C=O) groups excluding carboxylic acids is 1. The van der Waals surface area contributed by atoms with E-state index in [9.17, 15) is 0 Å². The Balaban J connectivity index is -0.0000000450. The first-order valence-electron chi connectivity index (χ1n) is 0.612. The summed E-state index contributed by atoms with van der Waals surface area (Å²) in [6.07, 6.45) is -2.33. The minimum Gasteiger partial charge on any atom is -0.652 e. The van der Waals surface area contributed by atoms with E-state index in [1.807, 2.05) is 0 Å². The van der Waals surface area contributed by atoms with Gasteiger partial charge in [-0.2, -0.15) is 0 Å². The third-order valence-electron chi connectivity index (χ3n) is 0. The van der Waals surface area contributed by atoms with Gasteiger partial charge in [0, 0.05) is 0 Å². The molecular weight excluding hydrogens is 152 g/mol. The van der Waals surface area contributed by atoms with Crippen LogP contribution in [0.1, 0.15) is 0 Å². The maximum Gasteiger partial charge on any atom is 2.00 e. The molecule has 0 aliphatic heterocycles. The molecule has 0 amide bonds. The first-order chi connectivity index (χ1) is 1.73. The smallest absolute Gasteiger partial charge is 0.652 e. The zero-order valence-electron chi connectivity index (χ0n) is 2.43. The summed E-state index contributed by atoms with van der Waals surface area (Å²) in [6, 6.07) is 0. The molecule has 0 spiro atoms. The summed E-state index contributed by atoms with van der Waals surface area (Å²) in [5.41, 5.74) is 0. The molecule has 0 aliphatic carbocycles. The number of rotatable bonds is 0. The van der Waals surface area contributed by atoms with Crippen LogP contribution in [0.3, 0.4) is 0 Å². The number of carbonyl (C=O) groups is 1. The molecule has 0 aromatic heterocycles. The van der Waals surface area contributed by atoms with Gasteiger partial charge in [-0.15, -0.1) is 0 Å². The molecule has 0 saturated heterocycles. The van der Waals surface area contributed by atoms with E-state index in [1.165, 1.54) is 0 Å². The minimum atomic E-state index is -2.33. The van der Waals surface area contributed by atoms with E-state index in [0.29, 0.717) is 0 Å². The normalized spacial score (nSPS) is 4.00. The summed E-state index contributed by atoms with van der Waals surface area (Å²) in [4.78, 5) is 8.33. The van der Waals surface area contributed by atoms with E-state index < -0.39 is 6.16 Å². The molecule has 6 heavy (non-hydrogen) atoms. The minimum absolute atomic E-state index is 0. The van der Waals surface area contributed by atoms with Gasteiger partial charge in [0.05, 0.1) is 0 Å². The summed E-state index contributed by atoms with van der Waals surface area (Å²) in [7, 11) is 0. The predicted molar refractivity (Wildman–Crippen MR) is 15.3 cm³/mol. The van der Waals surface area contributed by atoms with Crippen LogP contribution in [-0.2, 0) is 19.5 Å². The van der Waals surface area contributed by atoms with Crippen LogP contribution < -0.4 is 10.2 Å². The third kappa shape index (κ3) is 286. The van der Waals surface area contributed by atoms with E-state index in [4.69, 9.17) is 15.0 Å². The van der Waals surface area contributed by atoms with Crippen molar-refractivity contribution in [1.82, 2.24) is 0 Å². The molecule has 0 atom stereocenters. The van der Waals surface area contributed by atoms with Crippen molar-refractivity contribution in [3.63, 3.8) is 0 Å². The summed E-state index contributed by atoms with van der Waals surface area (Å²) >= 11 is 0. The topological polar surface area (TPSA) is 63.2 Å². The summed E-state index contributed by atoms with van der Waals surface area (Å²) in [5.74, 6) is 0. The number of hydrogen-bond donors (Lipinski definition) is 0. The first kappa shape index (κ1) is 16.1. The summed E-state index contributed by atoms with van der Waals surface area (Å²) in [5, 5.41) is 16.7. The van der Waals surface area contributed by atoms with E-state index in [-0.39, 0.29) is 36.8 Å². The molecule has 0 aliphatic rings. The van der Waals surface area contributed by atoms with E-state index in [2.05, 4.69) is 0 Å². The van der Waals surface area contributed by atoms with Crippen molar-refractivity contribution in [3.05, 3.63) is 0 Å². The van der Waals surface area contributed by atoms with Gasteiger partial charge < -0.3 is 15.0 Å². The summed E-state index contributed by atoms with van der Waals surface area (Å²) < 4.78 is 0. The van der Waals surface area contributed by atoms with Gasteiger partial charge in [-0.3, -0.25) is 0 Å². The van der Waals surface area contributed by atoms with Gasteiger partial charge in [0.2, 0.25) is 0 Å². The van der Waals surface area contributed by atoms with Crippen LogP contribution in [0.5, 0.6) is 0 Å². The molecule has 0 heterocycles. The van der Waals surface area contributed by atoms with Crippen LogP contribution in [0.4, 0.5) is 4.79 Å². The van der Waals surface area contributed by atoms with E-state index in [1.54, 1.807) is 0 Å². The monoisotopic (exact) mass is 154 g/mol. The quantitative estimate of drug-likeness (QED) is 0.339. The largest absolute Gasteiger partial charge is 2.00 e. The van der Waals surface area contributed by atoms with Gasteiger partial charge in [-0.1, -0.05) is 0 Å². The van der Waals surface area contributed by atoms with Crippen molar-refractivity contribution in [2.24, 2.45) is 0 Å². The Bertz CT molecular complexity index is 33.8. The van der Waals surface area contributed by atoms with Crippen molar-refractivity contribution in [2.45, 2.75) is 0 Å². The Morgan fingerprint density at radius 3 is 1.33 bits per heavy atom. The molecular formula is CH3AlO3Zn. The third-order valence-corrected chi connectivity index (χ3v) is 0. The van der Waals surface area contributed by atoms with Crippen LogP contribution in [0, 0.1) is 0 Å². The molecule has 0 N–H and O–H groups in total. The second kappa shape index (κ2) is 9.06. The second-order valence-electron chi connectivity index (χ2n) is 0.250. The maximum atomic E-state index is 8.33. The van der Waals surface area contributed by atoms with Crippen LogP contribution in [-0.4, -0.2) is 23.5 Å². The molecule has 0 unspecified atom stereocenters. The Morgan fingerprint density at radius 2 is 1.33 bits per heavy atom. The Labute approximate surface area is 58.2 Å². The average Bonchev–Trinajstić information content (AvgIpc) is 0.811. The molecule has 0 radical (unpaired) electrons. The number of carboxylic acid groups (broad SMARTS) is 2. The molecule has 5 heteroatoms. The van der Waals surface area contributed by atoms with Gasteiger partial charge in [0.25, 0.3) is 0 Å². The van der Waals surface area contributed by atoms with Gasteiger partial charge in [-0.25, -0.2) is 0 Å². The van der Waals surface area contributed by atoms with E-state index in [0.717, 1.165) is 0 Å². The fraction of sp³-hybridized carbons (Fsp3) is 0. The SMILES string of the molecule is O=C([O-])[O-].[AlH3].[Zn+2]. The molecule has 0 aromatic rings. The zero-order valence-corrected chi connectivity index (χ0v) is 5.40. The van der Waals surface area contributed by atoms with Gasteiger partial charge in [0.1, 0.15) is 0 Å². The molecule has 3 nitrogen and oxygen atoms in total. The predicted octanol–water partition coefficient (Wildman–Crippen LogP) is -3.63. The first-order valence-corrected chi connectivity index (χ1v) is 0.612. The summed E-state index contributed by atoms with van der Waals surface area (Å²) in [6.45, 7) is 0. The Hall–Kier alpha value is 0.426. The van der Waals surface area contributed by atoms with Crippen LogP contribution >= 0.6 is 0 Å². The fourth-order valence-corrected chi connectivity index (χ4v) is 0. The average molecular weight is 155 g/mol.